The molecule has 1 fully saturated rings. The topological polar surface area (TPSA) is 16.1 Å². The van der Waals surface area contributed by atoms with E-state index in [1.807, 2.05) is 17.6 Å². The summed E-state index contributed by atoms with van der Waals surface area (Å²) >= 11 is 1.72. The molecule has 2 aromatic rings. The predicted octanol–water partition coefficient (Wildman–Crippen LogP) is 4.32. The largest absolute Gasteiger partial charge is 0.291 e. The fourth-order valence-corrected chi connectivity index (χ4v) is 3.74. The highest BCUT2D eigenvalue weighted by Gasteiger charge is 2.25. The maximum atomic E-state index is 13.5. The van der Waals surface area contributed by atoms with Gasteiger partial charge >= 0.3 is 0 Å². The zero-order valence-electron chi connectivity index (χ0n) is 11.7. The van der Waals surface area contributed by atoms with Gasteiger partial charge in [-0.25, -0.2) is 9.37 Å². The summed E-state index contributed by atoms with van der Waals surface area (Å²) < 4.78 is 13.5. The number of hydrogen-bond acceptors (Lipinski definition) is 3. The van der Waals surface area contributed by atoms with Crippen LogP contribution in [0.3, 0.4) is 0 Å². The van der Waals surface area contributed by atoms with E-state index in [1.54, 1.807) is 17.4 Å². The molecule has 0 bridgehead atoms. The number of aromatic nitrogens is 1. The second-order valence-electron chi connectivity index (χ2n) is 5.40. The molecule has 0 saturated carbocycles. The van der Waals surface area contributed by atoms with Crippen LogP contribution in [0, 0.1) is 12.7 Å². The van der Waals surface area contributed by atoms with Crippen LogP contribution in [0.15, 0.2) is 29.8 Å². The van der Waals surface area contributed by atoms with Gasteiger partial charge in [-0.05, 0) is 44.0 Å². The van der Waals surface area contributed by atoms with Gasteiger partial charge in [0.2, 0.25) is 0 Å². The van der Waals surface area contributed by atoms with Crippen molar-refractivity contribution in [1.29, 1.82) is 0 Å². The highest BCUT2D eigenvalue weighted by molar-refractivity contribution is 7.09. The molecular formula is C16H19FN2S. The Morgan fingerprint density at radius 3 is 3.05 bits per heavy atom. The van der Waals surface area contributed by atoms with E-state index in [0.717, 1.165) is 30.8 Å². The summed E-state index contributed by atoms with van der Waals surface area (Å²) in [5.74, 6) is -0.137. The average molecular weight is 290 g/mol. The van der Waals surface area contributed by atoms with E-state index < -0.39 is 0 Å². The molecule has 4 heteroatoms. The van der Waals surface area contributed by atoms with Gasteiger partial charge in [0.1, 0.15) is 5.82 Å². The van der Waals surface area contributed by atoms with Gasteiger partial charge in [0, 0.05) is 17.5 Å². The fraction of sp³-hybridized carbons (Fsp3) is 0.438. The van der Waals surface area contributed by atoms with Crippen molar-refractivity contribution in [2.75, 3.05) is 6.54 Å². The molecule has 1 aliphatic rings. The Labute approximate surface area is 123 Å². The number of nitrogens with zero attached hydrogens (tertiary/aromatic N) is 2. The summed E-state index contributed by atoms with van der Waals surface area (Å²) in [4.78, 5) is 8.12. The van der Waals surface area contributed by atoms with E-state index in [-0.39, 0.29) is 5.82 Å². The first-order chi connectivity index (χ1) is 9.74. The summed E-state index contributed by atoms with van der Waals surface area (Å²) in [6, 6.07) is 7.40. The molecule has 1 aliphatic heterocycles. The van der Waals surface area contributed by atoms with Crippen LogP contribution in [0.1, 0.15) is 41.4 Å². The molecule has 3 rings (SSSR count). The Balaban J connectivity index is 1.82. The third-order valence-corrected chi connectivity index (χ3v) is 4.96. The van der Waals surface area contributed by atoms with E-state index in [9.17, 15) is 4.39 Å². The lowest BCUT2D eigenvalue weighted by molar-refractivity contribution is 0.141. The minimum absolute atomic E-state index is 0.137. The summed E-state index contributed by atoms with van der Waals surface area (Å²) in [6.45, 7) is 4.07. The number of benzene rings is 1. The summed E-state index contributed by atoms with van der Waals surface area (Å²) in [5.41, 5.74) is 4.14. The lowest BCUT2D eigenvalue weighted by Gasteiger charge is -2.35. The highest BCUT2D eigenvalue weighted by atomic mass is 32.1. The zero-order valence-corrected chi connectivity index (χ0v) is 12.5. The van der Waals surface area contributed by atoms with Crippen molar-refractivity contribution < 1.29 is 4.39 Å². The summed E-state index contributed by atoms with van der Waals surface area (Å²) in [7, 11) is 0. The molecule has 106 valence electrons. The average Bonchev–Trinajstić information content (AvgIpc) is 2.85. The van der Waals surface area contributed by atoms with Gasteiger partial charge in [0.15, 0.2) is 0 Å². The second kappa shape index (κ2) is 6.02. The van der Waals surface area contributed by atoms with Crippen molar-refractivity contribution in [3.05, 3.63) is 51.7 Å². The third kappa shape index (κ3) is 2.91. The molecule has 20 heavy (non-hydrogen) atoms. The van der Waals surface area contributed by atoms with E-state index in [2.05, 4.69) is 16.8 Å². The van der Waals surface area contributed by atoms with Gasteiger partial charge in [0.25, 0.3) is 0 Å². The van der Waals surface area contributed by atoms with Crippen LogP contribution in [0.5, 0.6) is 0 Å². The number of hydrogen-bond donors (Lipinski definition) is 0. The van der Waals surface area contributed by atoms with Crippen molar-refractivity contribution in [2.45, 2.75) is 38.8 Å². The monoisotopic (exact) mass is 290 g/mol. The van der Waals surface area contributed by atoms with Crippen LogP contribution < -0.4 is 0 Å². The molecule has 1 aromatic heterocycles. The first-order valence-corrected chi connectivity index (χ1v) is 8.00. The molecular weight excluding hydrogens is 271 g/mol. The first-order valence-electron chi connectivity index (χ1n) is 7.12. The second-order valence-corrected chi connectivity index (χ2v) is 6.34. The van der Waals surface area contributed by atoms with Gasteiger partial charge in [-0.3, -0.25) is 4.90 Å². The van der Waals surface area contributed by atoms with Crippen molar-refractivity contribution in [2.24, 2.45) is 0 Å². The van der Waals surface area contributed by atoms with Crippen molar-refractivity contribution in [3.63, 3.8) is 0 Å². The van der Waals surface area contributed by atoms with Gasteiger partial charge in [-0.2, -0.15) is 0 Å². The zero-order chi connectivity index (χ0) is 13.9. The number of aryl methyl sites for hydroxylation is 1. The smallest absolute Gasteiger partial charge is 0.123 e. The van der Waals surface area contributed by atoms with Crippen molar-refractivity contribution in [3.8, 4) is 0 Å². The quantitative estimate of drug-likeness (QED) is 0.837. The number of thiazole rings is 1. The molecule has 1 atom stereocenters. The van der Waals surface area contributed by atoms with Gasteiger partial charge in [0.05, 0.1) is 11.2 Å². The first kappa shape index (κ1) is 13.7. The van der Waals surface area contributed by atoms with E-state index in [0.29, 0.717) is 6.04 Å². The standard InChI is InChI=1S/C16H19FN2S/c1-12-16(20-11-18-12)10-19-8-3-2-7-15(19)13-5-4-6-14(17)9-13/h4-6,9,11,15H,2-3,7-8,10H2,1H3/t15-/m0/s1. The van der Waals surface area contributed by atoms with Crippen LogP contribution >= 0.6 is 11.3 Å². The molecule has 0 aliphatic carbocycles. The van der Waals surface area contributed by atoms with Crippen molar-refractivity contribution >= 4 is 11.3 Å². The minimum atomic E-state index is -0.137. The van der Waals surface area contributed by atoms with Crippen LogP contribution in [-0.4, -0.2) is 16.4 Å². The van der Waals surface area contributed by atoms with Crippen molar-refractivity contribution in [1.82, 2.24) is 9.88 Å². The minimum Gasteiger partial charge on any atom is -0.291 e. The van der Waals surface area contributed by atoms with Crippen LogP contribution in [0.2, 0.25) is 0 Å². The van der Waals surface area contributed by atoms with E-state index in [1.165, 1.54) is 23.8 Å². The molecule has 0 spiro atoms. The Kier molecular flexibility index (Phi) is 4.13. The Morgan fingerprint density at radius 2 is 2.30 bits per heavy atom. The molecule has 1 saturated heterocycles. The van der Waals surface area contributed by atoms with Crippen LogP contribution in [0.25, 0.3) is 0 Å². The van der Waals surface area contributed by atoms with E-state index in [4.69, 9.17) is 0 Å². The summed E-state index contributed by atoms with van der Waals surface area (Å²) in [6.07, 6.45) is 3.56. The lowest BCUT2D eigenvalue weighted by atomic mass is 9.95. The highest BCUT2D eigenvalue weighted by Crippen LogP contribution is 2.33. The Hall–Kier alpha value is -1.26. The lowest BCUT2D eigenvalue weighted by Crippen LogP contribution is -2.32. The van der Waals surface area contributed by atoms with Gasteiger partial charge in [-0.1, -0.05) is 18.6 Å². The van der Waals surface area contributed by atoms with Gasteiger partial charge < -0.3 is 0 Å². The molecule has 0 unspecified atom stereocenters. The fourth-order valence-electron chi connectivity index (χ4n) is 2.93. The van der Waals surface area contributed by atoms with Crippen LogP contribution in [-0.2, 0) is 6.54 Å². The molecule has 0 amide bonds. The number of likely N-dealkylation sites (tertiary alicyclic amines) is 1. The molecule has 0 N–H and O–H groups in total. The number of piperidine rings is 1. The predicted molar refractivity (Wildman–Crippen MR) is 80.3 cm³/mol. The normalized spacial score (nSPS) is 20.2. The maximum absolute atomic E-state index is 13.5. The third-order valence-electron chi connectivity index (χ3n) is 4.04. The molecule has 0 radical (unpaired) electrons. The Bertz CT molecular complexity index is 581. The number of halogens is 1. The molecule has 2 heterocycles. The van der Waals surface area contributed by atoms with Crippen LogP contribution in [0.4, 0.5) is 4.39 Å². The van der Waals surface area contributed by atoms with Gasteiger partial charge in [-0.15, -0.1) is 11.3 Å². The van der Waals surface area contributed by atoms with E-state index >= 15 is 0 Å². The maximum Gasteiger partial charge on any atom is 0.123 e. The SMILES string of the molecule is Cc1ncsc1CN1CCCC[C@H]1c1cccc(F)c1. The number of rotatable bonds is 3. The summed E-state index contributed by atoms with van der Waals surface area (Å²) in [5, 5.41) is 0. The molecule has 2 nitrogen and oxygen atoms in total. The Morgan fingerprint density at radius 1 is 1.40 bits per heavy atom. The molecule has 1 aromatic carbocycles.